The smallest absolute Gasteiger partial charge is 0.146 e. The van der Waals surface area contributed by atoms with Crippen molar-refractivity contribution in [1.82, 2.24) is 10.3 Å². The molecule has 0 aromatic carbocycles. The maximum Gasteiger partial charge on any atom is 0.146 e. The molecule has 6 heteroatoms. The minimum Gasteiger partial charge on any atom is -0.355 e. The second-order valence-electron chi connectivity index (χ2n) is 7.70. The number of aryl methyl sites for hydroxylation is 2. The predicted molar refractivity (Wildman–Crippen MR) is 111 cm³/mol. The molecule has 2 saturated heterocycles. The van der Waals surface area contributed by atoms with Crippen LogP contribution in [0.4, 0.5) is 5.82 Å². The molecule has 0 amide bonds. The zero-order valence-corrected chi connectivity index (χ0v) is 17.0. The van der Waals surface area contributed by atoms with E-state index in [4.69, 9.17) is 4.98 Å². The Labute approximate surface area is 169 Å². The van der Waals surface area contributed by atoms with Gasteiger partial charge in [-0.05, 0) is 87.9 Å². The Kier molecular flexibility index (Phi) is 8.01. The van der Waals surface area contributed by atoms with E-state index < -0.39 is 0 Å². The summed E-state index contributed by atoms with van der Waals surface area (Å²) < 4.78 is 0. The van der Waals surface area contributed by atoms with Gasteiger partial charge in [-0.3, -0.25) is 0 Å². The first kappa shape index (κ1) is 21.3. The second kappa shape index (κ2) is 9.78. The molecule has 0 spiro atoms. The molecule has 144 valence electrons. The lowest BCUT2D eigenvalue weighted by atomic mass is 9.79. The molecular weight excluding hydrogens is 367 g/mol. The van der Waals surface area contributed by atoms with Crippen LogP contribution in [0.2, 0.25) is 0 Å². The predicted octanol–water partition coefficient (Wildman–Crippen LogP) is 3.89. The molecule has 0 bridgehead atoms. The Morgan fingerprint density at radius 2 is 1.65 bits per heavy atom. The molecule has 26 heavy (non-hydrogen) atoms. The number of nitrogens with zero attached hydrogens (tertiary/aromatic N) is 3. The molecule has 4 rings (SSSR count). The average Bonchev–Trinajstić information content (AvgIpc) is 2.68. The van der Waals surface area contributed by atoms with Crippen molar-refractivity contribution in [2.75, 3.05) is 31.1 Å². The minimum absolute atomic E-state index is 0. The summed E-state index contributed by atoms with van der Waals surface area (Å²) in [5.41, 5.74) is 3.35. The van der Waals surface area contributed by atoms with Crippen LogP contribution in [-0.2, 0) is 12.8 Å². The van der Waals surface area contributed by atoms with Gasteiger partial charge in [0.2, 0.25) is 0 Å². The van der Waals surface area contributed by atoms with Gasteiger partial charge >= 0.3 is 0 Å². The van der Waals surface area contributed by atoms with E-state index in [1.165, 1.54) is 62.9 Å². The Balaban J connectivity index is 0.00000121. The number of halogens is 2. The molecule has 1 aromatic heterocycles. The van der Waals surface area contributed by atoms with Crippen molar-refractivity contribution in [3.63, 3.8) is 0 Å². The number of aromatic nitrogens is 1. The number of hydrogen-bond donors (Lipinski definition) is 1. The van der Waals surface area contributed by atoms with Gasteiger partial charge in [0.05, 0.1) is 5.56 Å². The quantitative estimate of drug-likeness (QED) is 0.823. The fourth-order valence-electron chi connectivity index (χ4n) is 4.84. The van der Waals surface area contributed by atoms with Crippen molar-refractivity contribution in [2.45, 2.75) is 51.4 Å². The van der Waals surface area contributed by atoms with Crippen LogP contribution in [-0.4, -0.2) is 31.2 Å². The van der Waals surface area contributed by atoms with Crippen LogP contribution >= 0.6 is 24.8 Å². The van der Waals surface area contributed by atoms with Crippen LogP contribution in [0.1, 0.15) is 55.3 Å². The number of anilines is 1. The fourth-order valence-corrected chi connectivity index (χ4v) is 4.84. The number of pyridine rings is 1. The SMILES string of the molecule is Cl.Cl.N#Cc1cc2c(nc1N1CCC(C3CCNCC3)CC1)CCCC2. The highest BCUT2D eigenvalue weighted by Gasteiger charge is 2.29. The molecule has 3 heterocycles. The monoisotopic (exact) mass is 396 g/mol. The first-order chi connectivity index (χ1) is 11.8. The van der Waals surface area contributed by atoms with Crippen LogP contribution in [0, 0.1) is 23.2 Å². The summed E-state index contributed by atoms with van der Waals surface area (Å²) >= 11 is 0. The number of fused-ring (bicyclic) bond motifs is 1. The van der Waals surface area contributed by atoms with E-state index in [-0.39, 0.29) is 24.8 Å². The summed E-state index contributed by atoms with van der Waals surface area (Å²) in [5, 5.41) is 13.1. The number of nitrogens with one attached hydrogen (secondary N) is 1. The number of hydrogen-bond acceptors (Lipinski definition) is 4. The van der Waals surface area contributed by atoms with Gasteiger partial charge in [-0.15, -0.1) is 24.8 Å². The Bertz CT molecular complexity index is 629. The summed E-state index contributed by atoms with van der Waals surface area (Å²) in [7, 11) is 0. The van der Waals surface area contributed by atoms with Crippen LogP contribution in [0.25, 0.3) is 0 Å². The average molecular weight is 397 g/mol. The molecule has 2 aliphatic heterocycles. The summed E-state index contributed by atoms with van der Waals surface area (Å²) in [4.78, 5) is 7.32. The molecule has 0 saturated carbocycles. The van der Waals surface area contributed by atoms with Gasteiger partial charge in [-0.1, -0.05) is 0 Å². The molecule has 0 atom stereocenters. The molecule has 1 N–H and O–H groups in total. The highest BCUT2D eigenvalue weighted by atomic mass is 35.5. The third kappa shape index (κ3) is 4.44. The van der Waals surface area contributed by atoms with Gasteiger partial charge in [0.15, 0.2) is 0 Å². The highest BCUT2D eigenvalue weighted by Crippen LogP contribution is 2.34. The molecule has 1 aliphatic carbocycles. The number of rotatable bonds is 2. The van der Waals surface area contributed by atoms with Gasteiger partial charge < -0.3 is 10.2 Å². The van der Waals surface area contributed by atoms with E-state index in [1.807, 2.05) is 0 Å². The maximum atomic E-state index is 9.58. The summed E-state index contributed by atoms with van der Waals surface area (Å²) in [6, 6.07) is 4.53. The zero-order chi connectivity index (χ0) is 16.4. The minimum atomic E-state index is 0. The largest absolute Gasteiger partial charge is 0.355 e. The molecular formula is C20H30Cl2N4. The molecule has 3 aliphatic rings. The Hall–Kier alpha value is -1.02. The molecule has 0 radical (unpaired) electrons. The summed E-state index contributed by atoms with van der Waals surface area (Å²) in [5.74, 6) is 2.73. The summed E-state index contributed by atoms with van der Waals surface area (Å²) in [6.07, 6.45) is 9.84. The van der Waals surface area contributed by atoms with Gasteiger partial charge in [-0.25, -0.2) is 4.98 Å². The van der Waals surface area contributed by atoms with Crippen molar-refractivity contribution in [1.29, 1.82) is 5.26 Å². The van der Waals surface area contributed by atoms with Crippen molar-refractivity contribution in [3.8, 4) is 6.07 Å². The van der Waals surface area contributed by atoms with E-state index in [0.717, 1.165) is 49.1 Å². The van der Waals surface area contributed by atoms with Crippen molar-refractivity contribution in [2.24, 2.45) is 11.8 Å². The van der Waals surface area contributed by atoms with E-state index >= 15 is 0 Å². The van der Waals surface area contributed by atoms with Crippen molar-refractivity contribution >= 4 is 30.6 Å². The third-order valence-corrected chi connectivity index (χ3v) is 6.29. The van der Waals surface area contributed by atoms with Crippen LogP contribution in [0.15, 0.2) is 6.07 Å². The lowest BCUT2D eigenvalue weighted by Gasteiger charge is -2.38. The van der Waals surface area contributed by atoms with Gasteiger partial charge in [0, 0.05) is 18.8 Å². The second-order valence-corrected chi connectivity index (χ2v) is 7.70. The number of nitriles is 1. The van der Waals surface area contributed by atoms with Crippen LogP contribution < -0.4 is 10.2 Å². The lowest BCUT2D eigenvalue weighted by Crippen LogP contribution is -2.40. The number of piperidine rings is 2. The van der Waals surface area contributed by atoms with E-state index in [0.29, 0.717) is 0 Å². The highest BCUT2D eigenvalue weighted by molar-refractivity contribution is 5.85. The maximum absolute atomic E-state index is 9.58. The van der Waals surface area contributed by atoms with Crippen LogP contribution in [0.3, 0.4) is 0 Å². The molecule has 4 nitrogen and oxygen atoms in total. The van der Waals surface area contributed by atoms with E-state index in [9.17, 15) is 5.26 Å². The van der Waals surface area contributed by atoms with Crippen molar-refractivity contribution in [3.05, 3.63) is 22.9 Å². The zero-order valence-electron chi connectivity index (χ0n) is 15.4. The van der Waals surface area contributed by atoms with Gasteiger partial charge in [-0.2, -0.15) is 5.26 Å². The summed E-state index contributed by atoms with van der Waals surface area (Å²) in [6.45, 7) is 4.51. The Morgan fingerprint density at radius 3 is 2.35 bits per heavy atom. The third-order valence-electron chi connectivity index (χ3n) is 6.29. The topological polar surface area (TPSA) is 52.0 Å². The van der Waals surface area contributed by atoms with Gasteiger partial charge in [0.1, 0.15) is 11.9 Å². The molecule has 2 fully saturated rings. The molecule has 1 aromatic rings. The normalized spacial score (nSPS) is 21.1. The van der Waals surface area contributed by atoms with Crippen molar-refractivity contribution < 1.29 is 0 Å². The van der Waals surface area contributed by atoms with E-state index in [1.54, 1.807) is 0 Å². The van der Waals surface area contributed by atoms with Gasteiger partial charge in [0.25, 0.3) is 0 Å². The van der Waals surface area contributed by atoms with E-state index in [2.05, 4.69) is 22.4 Å². The lowest BCUT2D eigenvalue weighted by molar-refractivity contribution is 0.221. The molecule has 0 unspecified atom stereocenters. The fraction of sp³-hybridized carbons (Fsp3) is 0.700. The standard InChI is InChI=1S/C20H28N4.2ClH/c21-14-18-13-17-3-1-2-4-19(17)23-20(18)24-11-7-16(8-12-24)15-5-9-22-10-6-15;;/h13,15-16,22H,1-12H2;2*1H. The Morgan fingerprint density at radius 1 is 1.00 bits per heavy atom. The first-order valence-electron chi connectivity index (χ1n) is 9.73. The van der Waals surface area contributed by atoms with Crippen LogP contribution in [0.5, 0.6) is 0 Å². The first-order valence-corrected chi connectivity index (χ1v) is 9.73.